The summed E-state index contributed by atoms with van der Waals surface area (Å²) in [7, 11) is 0. The number of amidine groups is 1. The summed E-state index contributed by atoms with van der Waals surface area (Å²) in [6.45, 7) is 6.34. The molecule has 1 aromatic carbocycles. The number of piperidine rings is 1. The van der Waals surface area contributed by atoms with E-state index in [1.54, 1.807) is 0 Å². The number of amides is 1. The topological polar surface area (TPSA) is 54.8 Å². The first kappa shape index (κ1) is 18.1. The third-order valence-corrected chi connectivity index (χ3v) is 7.74. The zero-order chi connectivity index (χ0) is 20.6. The molecule has 2 aliphatic carbocycles. The number of carbonyl (C=O) groups excluding carboxylic acids is 1. The molecule has 1 fully saturated rings. The molecule has 5 nitrogen and oxygen atoms in total. The molecule has 2 aromatic rings. The molecule has 0 radical (unpaired) electrons. The number of aliphatic imine (C=N–C) groups is 1. The molecule has 1 aromatic heterocycles. The predicted octanol–water partition coefficient (Wildman–Crippen LogP) is 3.55. The van der Waals surface area contributed by atoms with Crippen molar-refractivity contribution >= 4 is 11.9 Å². The van der Waals surface area contributed by atoms with Gasteiger partial charge in [-0.2, -0.15) is 4.99 Å². The Morgan fingerprint density at radius 2 is 1.70 bits per heavy atom. The maximum Gasteiger partial charge on any atom is 0.296 e. The van der Waals surface area contributed by atoms with Gasteiger partial charge in [0.2, 0.25) is 5.60 Å². The van der Waals surface area contributed by atoms with Gasteiger partial charge >= 0.3 is 0 Å². The lowest BCUT2D eigenvalue weighted by Gasteiger charge is -2.41. The van der Waals surface area contributed by atoms with Crippen molar-refractivity contribution in [1.82, 2.24) is 9.88 Å². The average molecular weight is 402 g/mol. The molecule has 3 heterocycles. The van der Waals surface area contributed by atoms with Crippen molar-refractivity contribution in [2.75, 3.05) is 13.1 Å². The number of nitrogens with zero attached hydrogens (tertiary/aromatic N) is 3. The Hall–Kier alpha value is -2.69. The fourth-order valence-electron chi connectivity index (χ4n) is 6.34. The molecule has 5 heteroatoms. The molecule has 6 rings (SSSR count). The van der Waals surface area contributed by atoms with Crippen molar-refractivity contribution in [1.29, 1.82) is 0 Å². The molecule has 30 heavy (non-hydrogen) atoms. The highest BCUT2D eigenvalue weighted by molar-refractivity contribution is 6.02. The molecule has 0 N–H and O–H groups in total. The number of hydrogen-bond acceptors (Lipinski definition) is 4. The van der Waals surface area contributed by atoms with Crippen LogP contribution in [0.2, 0.25) is 0 Å². The van der Waals surface area contributed by atoms with Crippen LogP contribution in [0.1, 0.15) is 55.5 Å². The Kier molecular flexibility index (Phi) is 3.58. The Morgan fingerprint density at radius 1 is 1.00 bits per heavy atom. The monoisotopic (exact) mass is 401 g/mol. The lowest BCUT2D eigenvalue weighted by molar-refractivity contribution is -0.130. The van der Waals surface area contributed by atoms with E-state index < -0.39 is 5.60 Å². The van der Waals surface area contributed by atoms with Crippen molar-refractivity contribution in [3.05, 3.63) is 65.0 Å². The van der Waals surface area contributed by atoms with Gasteiger partial charge in [0.25, 0.3) is 11.9 Å². The van der Waals surface area contributed by atoms with Gasteiger partial charge in [0, 0.05) is 48.7 Å². The van der Waals surface area contributed by atoms with Crippen LogP contribution < -0.4 is 0 Å². The van der Waals surface area contributed by atoms with Crippen LogP contribution in [0, 0.1) is 0 Å². The second-order valence-corrected chi connectivity index (χ2v) is 10.1. The standard InChI is InChI=1S/C25H27N3O2/c1-23(2)16-24(19-8-5-11-26-20(19)23)9-12-28(13-10-24)22-27-21(29)25(30-22)14-17-6-3-4-7-18(17)15-25/h3-8,11H,9-10,12-16H2,1-2H3. The minimum absolute atomic E-state index is 0.107. The minimum atomic E-state index is -0.819. The molecule has 1 saturated heterocycles. The summed E-state index contributed by atoms with van der Waals surface area (Å²) in [6.07, 6.45) is 6.38. The van der Waals surface area contributed by atoms with Crippen LogP contribution in [0.5, 0.6) is 0 Å². The Labute approximate surface area is 177 Å². The van der Waals surface area contributed by atoms with Gasteiger partial charge in [0.05, 0.1) is 0 Å². The van der Waals surface area contributed by atoms with Crippen LogP contribution in [0.15, 0.2) is 47.6 Å². The highest BCUT2D eigenvalue weighted by atomic mass is 16.5. The first-order valence-electron chi connectivity index (χ1n) is 11.0. The SMILES string of the molecule is CC1(C)CC2(CCN(C3=NC(=O)C4(Cc5ccccc5C4)O3)CC2)c2cccnc21. The van der Waals surface area contributed by atoms with Crippen LogP contribution in [0.3, 0.4) is 0 Å². The van der Waals surface area contributed by atoms with Gasteiger partial charge in [0.1, 0.15) is 0 Å². The molecule has 0 saturated carbocycles. The van der Waals surface area contributed by atoms with Crippen molar-refractivity contribution in [3.8, 4) is 0 Å². The fraction of sp³-hybridized carbons (Fsp3) is 0.480. The highest BCUT2D eigenvalue weighted by Crippen LogP contribution is 2.53. The molecular weight excluding hydrogens is 374 g/mol. The molecule has 0 bridgehead atoms. The summed E-state index contributed by atoms with van der Waals surface area (Å²) < 4.78 is 6.32. The van der Waals surface area contributed by atoms with Crippen molar-refractivity contribution < 1.29 is 9.53 Å². The summed E-state index contributed by atoms with van der Waals surface area (Å²) in [6, 6.07) is 13.1. The second-order valence-electron chi connectivity index (χ2n) is 10.1. The fourth-order valence-corrected chi connectivity index (χ4v) is 6.34. The number of benzene rings is 1. The van der Waals surface area contributed by atoms with E-state index in [0.29, 0.717) is 18.9 Å². The van der Waals surface area contributed by atoms with E-state index in [1.807, 2.05) is 18.3 Å². The largest absolute Gasteiger partial charge is 0.447 e. The number of fused-ring (bicyclic) bond motifs is 3. The number of ether oxygens (including phenoxy) is 1. The lowest BCUT2D eigenvalue weighted by atomic mass is 9.72. The highest BCUT2D eigenvalue weighted by Gasteiger charge is 2.54. The van der Waals surface area contributed by atoms with E-state index in [1.165, 1.54) is 22.4 Å². The summed E-state index contributed by atoms with van der Waals surface area (Å²) in [5.41, 5.74) is 4.55. The van der Waals surface area contributed by atoms with Gasteiger partial charge in [-0.15, -0.1) is 0 Å². The Balaban J connectivity index is 1.20. The predicted molar refractivity (Wildman–Crippen MR) is 114 cm³/mol. The maximum absolute atomic E-state index is 12.9. The minimum Gasteiger partial charge on any atom is -0.447 e. The molecule has 0 atom stereocenters. The summed E-state index contributed by atoms with van der Waals surface area (Å²) in [5, 5.41) is 0. The number of likely N-dealkylation sites (tertiary alicyclic amines) is 1. The first-order valence-corrected chi connectivity index (χ1v) is 11.0. The van der Waals surface area contributed by atoms with Gasteiger partial charge in [-0.3, -0.25) is 9.78 Å². The van der Waals surface area contributed by atoms with E-state index in [0.717, 1.165) is 32.4 Å². The van der Waals surface area contributed by atoms with Crippen molar-refractivity contribution in [2.45, 2.75) is 62.4 Å². The quantitative estimate of drug-likeness (QED) is 0.678. The first-order chi connectivity index (χ1) is 14.4. The third-order valence-electron chi connectivity index (χ3n) is 7.74. The normalized spacial score (nSPS) is 24.7. The summed E-state index contributed by atoms with van der Waals surface area (Å²) in [5.74, 6) is -0.120. The second kappa shape index (κ2) is 5.93. The Morgan fingerprint density at radius 3 is 2.40 bits per heavy atom. The van der Waals surface area contributed by atoms with Gasteiger partial charge in [-0.1, -0.05) is 44.2 Å². The van der Waals surface area contributed by atoms with Gasteiger partial charge in [-0.25, -0.2) is 0 Å². The maximum atomic E-state index is 12.9. The average Bonchev–Trinajstić information content (AvgIpc) is 3.34. The van der Waals surface area contributed by atoms with Crippen molar-refractivity contribution in [3.63, 3.8) is 0 Å². The summed E-state index contributed by atoms with van der Waals surface area (Å²) >= 11 is 0. The lowest BCUT2D eigenvalue weighted by Crippen LogP contribution is -2.47. The molecule has 1 amide bonds. The smallest absolute Gasteiger partial charge is 0.296 e. The van der Waals surface area contributed by atoms with Gasteiger partial charge in [0.15, 0.2) is 0 Å². The van der Waals surface area contributed by atoms with E-state index in [4.69, 9.17) is 9.72 Å². The van der Waals surface area contributed by atoms with Crippen LogP contribution in [-0.4, -0.2) is 40.5 Å². The van der Waals surface area contributed by atoms with E-state index in [2.05, 4.69) is 48.0 Å². The number of hydrogen-bond donors (Lipinski definition) is 0. The van der Waals surface area contributed by atoms with E-state index in [-0.39, 0.29) is 16.7 Å². The molecule has 4 aliphatic rings. The Bertz CT molecular complexity index is 1050. The molecule has 154 valence electrons. The zero-order valence-corrected chi connectivity index (χ0v) is 17.6. The third kappa shape index (κ3) is 2.44. The number of pyridine rings is 1. The van der Waals surface area contributed by atoms with Gasteiger partial charge in [-0.05, 0) is 42.0 Å². The van der Waals surface area contributed by atoms with Crippen LogP contribution in [-0.2, 0) is 33.2 Å². The van der Waals surface area contributed by atoms with Crippen LogP contribution >= 0.6 is 0 Å². The number of rotatable bonds is 0. The van der Waals surface area contributed by atoms with Gasteiger partial charge < -0.3 is 9.64 Å². The van der Waals surface area contributed by atoms with Crippen LogP contribution in [0.25, 0.3) is 0 Å². The van der Waals surface area contributed by atoms with E-state index >= 15 is 0 Å². The van der Waals surface area contributed by atoms with Crippen LogP contribution in [0.4, 0.5) is 0 Å². The zero-order valence-electron chi connectivity index (χ0n) is 17.6. The molecule has 2 spiro atoms. The molecular formula is C25H27N3O2. The summed E-state index contributed by atoms with van der Waals surface area (Å²) in [4.78, 5) is 24.2. The number of aromatic nitrogens is 1. The van der Waals surface area contributed by atoms with E-state index in [9.17, 15) is 4.79 Å². The molecule has 2 aliphatic heterocycles. The molecule has 0 unspecified atom stereocenters. The number of carbonyl (C=O) groups is 1. The van der Waals surface area contributed by atoms with Crippen molar-refractivity contribution in [2.24, 2.45) is 4.99 Å².